The number of fused-ring (bicyclic) bond motifs is 1. The van der Waals surface area contributed by atoms with Gasteiger partial charge in [0.25, 0.3) is 11.5 Å². The van der Waals surface area contributed by atoms with Crippen LogP contribution in [0.1, 0.15) is 47.7 Å². The second-order valence-electron chi connectivity index (χ2n) is 9.03. The molecular formula is C25H23N5O2. The van der Waals surface area contributed by atoms with Crippen LogP contribution in [0.4, 0.5) is 0 Å². The van der Waals surface area contributed by atoms with Crippen molar-refractivity contribution in [3.8, 4) is 11.1 Å². The van der Waals surface area contributed by atoms with Crippen molar-refractivity contribution < 1.29 is 4.79 Å². The zero-order valence-electron chi connectivity index (χ0n) is 17.5. The van der Waals surface area contributed by atoms with E-state index in [1.54, 1.807) is 6.20 Å². The molecule has 4 aromatic rings. The minimum absolute atomic E-state index is 0.00171. The van der Waals surface area contributed by atoms with Crippen LogP contribution in [-0.2, 0) is 0 Å². The van der Waals surface area contributed by atoms with Gasteiger partial charge in [0.1, 0.15) is 0 Å². The summed E-state index contributed by atoms with van der Waals surface area (Å²) in [5.74, 6) is 0.0220. The number of hydrogen-bond acceptors (Lipinski definition) is 4. The van der Waals surface area contributed by atoms with E-state index in [0.717, 1.165) is 41.5 Å². The van der Waals surface area contributed by atoms with Crippen LogP contribution in [0.5, 0.6) is 0 Å². The van der Waals surface area contributed by atoms with Crippen molar-refractivity contribution in [2.24, 2.45) is 5.41 Å². The Hall–Kier alpha value is -3.74. The van der Waals surface area contributed by atoms with Gasteiger partial charge in [0.2, 0.25) is 0 Å². The van der Waals surface area contributed by atoms with Crippen LogP contribution in [0, 0.1) is 5.41 Å². The van der Waals surface area contributed by atoms with Crippen molar-refractivity contribution in [1.29, 1.82) is 0 Å². The summed E-state index contributed by atoms with van der Waals surface area (Å²) in [5.41, 5.74) is 3.52. The van der Waals surface area contributed by atoms with Gasteiger partial charge in [0, 0.05) is 34.7 Å². The van der Waals surface area contributed by atoms with E-state index in [1.165, 1.54) is 6.42 Å². The first kappa shape index (κ1) is 19.0. The molecule has 2 aliphatic rings. The van der Waals surface area contributed by atoms with E-state index in [2.05, 4.69) is 25.7 Å². The third-order valence-electron chi connectivity index (χ3n) is 7.35. The normalized spacial score (nSPS) is 21.1. The Balaban J connectivity index is 1.28. The highest BCUT2D eigenvalue weighted by Crippen LogP contribution is 2.64. The van der Waals surface area contributed by atoms with Gasteiger partial charge >= 0.3 is 0 Å². The number of aromatic amines is 2. The summed E-state index contributed by atoms with van der Waals surface area (Å²) in [6.45, 7) is 0. The molecule has 32 heavy (non-hydrogen) atoms. The Kier molecular flexibility index (Phi) is 4.24. The first-order valence-corrected chi connectivity index (χ1v) is 11.0. The number of carbonyl (C=O) groups excluding carboxylic acids is 1. The van der Waals surface area contributed by atoms with Gasteiger partial charge in [-0.1, -0.05) is 36.8 Å². The molecule has 2 fully saturated rings. The Labute approximate surface area is 184 Å². The van der Waals surface area contributed by atoms with Crippen LogP contribution < -0.4 is 10.9 Å². The van der Waals surface area contributed by atoms with Crippen LogP contribution in [-0.4, -0.2) is 32.3 Å². The van der Waals surface area contributed by atoms with Gasteiger partial charge in [-0.05, 0) is 48.4 Å². The highest BCUT2D eigenvalue weighted by molar-refractivity contribution is 5.95. The highest BCUT2D eigenvalue weighted by Gasteiger charge is 2.58. The van der Waals surface area contributed by atoms with E-state index < -0.39 is 0 Å². The zero-order valence-corrected chi connectivity index (χ0v) is 17.5. The summed E-state index contributed by atoms with van der Waals surface area (Å²) in [4.78, 5) is 25.3. The lowest BCUT2D eigenvalue weighted by Gasteiger charge is -2.60. The average Bonchev–Trinajstić information content (AvgIpc) is 3.32. The molecule has 6 rings (SSSR count). The Bertz CT molecular complexity index is 1350. The molecular weight excluding hydrogens is 402 g/mol. The van der Waals surface area contributed by atoms with Gasteiger partial charge in [-0.3, -0.25) is 14.7 Å². The van der Waals surface area contributed by atoms with Gasteiger partial charge in [-0.15, -0.1) is 0 Å². The Morgan fingerprint density at radius 1 is 1.03 bits per heavy atom. The fourth-order valence-corrected chi connectivity index (χ4v) is 5.56. The molecule has 1 amide bonds. The summed E-state index contributed by atoms with van der Waals surface area (Å²) in [7, 11) is 0. The van der Waals surface area contributed by atoms with E-state index in [9.17, 15) is 9.59 Å². The lowest BCUT2D eigenvalue weighted by molar-refractivity contribution is -0.0340. The van der Waals surface area contributed by atoms with Gasteiger partial charge in [0.05, 0.1) is 17.3 Å². The van der Waals surface area contributed by atoms with Crippen molar-refractivity contribution in [2.75, 3.05) is 0 Å². The molecule has 1 spiro atoms. The predicted molar refractivity (Wildman–Crippen MR) is 121 cm³/mol. The molecule has 0 saturated heterocycles. The number of carbonyl (C=O) groups is 1. The van der Waals surface area contributed by atoms with Crippen molar-refractivity contribution in [2.45, 2.75) is 37.6 Å². The molecule has 2 saturated carbocycles. The molecule has 0 radical (unpaired) electrons. The lowest BCUT2D eigenvalue weighted by Crippen LogP contribution is -2.60. The zero-order chi connectivity index (χ0) is 21.7. The third-order valence-corrected chi connectivity index (χ3v) is 7.35. The van der Waals surface area contributed by atoms with Crippen LogP contribution in [0.15, 0.2) is 65.7 Å². The van der Waals surface area contributed by atoms with Gasteiger partial charge in [0.15, 0.2) is 0 Å². The number of aromatic nitrogens is 4. The van der Waals surface area contributed by atoms with Crippen LogP contribution >= 0.6 is 0 Å². The van der Waals surface area contributed by atoms with Crippen LogP contribution in [0.25, 0.3) is 21.9 Å². The number of rotatable bonds is 4. The van der Waals surface area contributed by atoms with E-state index in [4.69, 9.17) is 0 Å². The SMILES string of the molecule is O=C(NC1CC2(CCC2)C1c1n[nH]c(=O)c2ccccc12)c1ccc(-c2cn[nH]c2)cc1. The fourth-order valence-electron chi connectivity index (χ4n) is 5.56. The number of H-pyrrole nitrogens is 2. The van der Waals surface area contributed by atoms with Crippen molar-refractivity contribution >= 4 is 16.7 Å². The Morgan fingerprint density at radius 2 is 1.81 bits per heavy atom. The maximum Gasteiger partial charge on any atom is 0.272 e. The first-order valence-electron chi connectivity index (χ1n) is 11.0. The summed E-state index contributed by atoms with van der Waals surface area (Å²) in [6.07, 6.45) is 8.01. The number of nitrogens with one attached hydrogen (secondary N) is 3. The topological polar surface area (TPSA) is 104 Å². The summed E-state index contributed by atoms with van der Waals surface area (Å²) in [6, 6.07) is 15.2. The van der Waals surface area contributed by atoms with E-state index in [1.807, 2.05) is 54.7 Å². The van der Waals surface area contributed by atoms with Gasteiger partial charge in [-0.2, -0.15) is 10.2 Å². The number of benzene rings is 2. The number of hydrogen-bond donors (Lipinski definition) is 3. The minimum atomic E-state index is -0.176. The van der Waals surface area contributed by atoms with Gasteiger partial charge in [-0.25, -0.2) is 5.10 Å². The molecule has 2 aliphatic carbocycles. The smallest absolute Gasteiger partial charge is 0.272 e. The first-order chi connectivity index (χ1) is 15.6. The molecule has 0 aliphatic heterocycles. The third kappa shape index (κ3) is 2.88. The molecule has 160 valence electrons. The standard InChI is InChI=1S/C25H23N5O2/c31-23(16-8-6-15(7-9-16)17-13-26-27-14-17)28-20-12-25(10-3-11-25)21(20)22-18-4-1-2-5-19(18)24(32)30-29-22/h1-2,4-9,13-14,20-21H,3,10-12H2,(H,26,27)(H,28,31)(H,30,32). The lowest BCUT2D eigenvalue weighted by atomic mass is 9.46. The number of amides is 1. The van der Waals surface area contributed by atoms with Crippen LogP contribution in [0.3, 0.4) is 0 Å². The van der Waals surface area contributed by atoms with Crippen molar-refractivity contribution in [3.63, 3.8) is 0 Å². The minimum Gasteiger partial charge on any atom is -0.349 e. The number of nitrogens with zero attached hydrogens (tertiary/aromatic N) is 2. The molecule has 2 aromatic heterocycles. The van der Waals surface area contributed by atoms with Crippen molar-refractivity contribution in [3.05, 3.63) is 82.5 Å². The maximum atomic E-state index is 13.0. The van der Waals surface area contributed by atoms with Crippen molar-refractivity contribution in [1.82, 2.24) is 25.7 Å². The predicted octanol–water partition coefficient (Wildman–Crippen LogP) is 3.77. The molecule has 2 atom stereocenters. The molecule has 2 aromatic carbocycles. The summed E-state index contributed by atoms with van der Waals surface area (Å²) in [5, 5.41) is 18.7. The maximum absolute atomic E-state index is 13.0. The fraction of sp³-hybridized carbons (Fsp3) is 0.280. The van der Waals surface area contributed by atoms with Gasteiger partial charge < -0.3 is 5.32 Å². The Morgan fingerprint density at radius 3 is 2.50 bits per heavy atom. The second kappa shape index (κ2) is 7.15. The van der Waals surface area contributed by atoms with Crippen LogP contribution in [0.2, 0.25) is 0 Å². The van der Waals surface area contributed by atoms with E-state index >= 15 is 0 Å². The largest absolute Gasteiger partial charge is 0.349 e. The molecule has 7 nitrogen and oxygen atoms in total. The summed E-state index contributed by atoms with van der Waals surface area (Å²) < 4.78 is 0. The summed E-state index contributed by atoms with van der Waals surface area (Å²) >= 11 is 0. The van der Waals surface area contributed by atoms with E-state index in [0.29, 0.717) is 10.9 Å². The highest BCUT2D eigenvalue weighted by atomic mass is 16.1. The molecule has 7 heteroatoms. The molecule has 2 heterocycles. The average molecular weight is 425 g/mol. The second-order valence-corrected chi connectivity index (χ2v) is 9.03. The monoisotopic (exact) mass is 425 g/mol. The quantitative estimate of drug-likeness (QED) is 0.463. The molecule has 2 unspecified atom stereocenters. The molecule has 0 bridgehead atoms. The van der Waals surface area contributed by atoms with E-state index in [-0.39, 0.29) is 28.8 Å². The molecule has 3 N–H and O–H groups in total.